The number of hydrogen-bond donors (Lipinski definition) is 2. The summed E-state index contributed by atoms with van der Waals surface area (Å²) in [7, 11) is 0. The normalized spacial score (nSPS) is 20.0. The maximum atomic E-state index is 11.5. The minimum atomic E-state index is -0.248. The third-order valence-corrected chi connectivity index (χ3v) is 5.04. The van der Waals surface area contributed by atoms with Crippen LogP contribution in [0.15, 0.2) is 54.6 Å². The van der Waals surface area contributed by atoms with E-state index in [1.165, 1.54) is 16.7 Å². The molecule has 2 aromatic carbocycles. The van der Waals surface area contributed by atoms with Crippen molar-refractivity contribution in [3.8, 4) is 11.1 Å². The van der Waals surface area contributed by atoms with Gasteiger partial charge in [-0.15, -0.1) is 0 Å². The number of carbonyl (C=O) groups excluding carboxylic acids is 1. The van der Waals surface area contributed by atoms with Crippen LogP contribution in [0.3, 0.4) is 0 Å². The van der Waals surface area contributed by atoms with Crippen molar-refractivity contribution in [2.24, 2.45) is 11.7 Å². The second-order valence-electron chi connectivity index (χ2n) is 7.60. The minimum Gasteiger partial charge on any atom is -0.368 e. The van der Waals surface area contributed by atoms with Crippen LogP contribution in [0.4, 0.5) is 0 Å². The maximum absolute atomic E-state index is 11.5. The van der Waals surface area contributed by atoms with E-state index in [0.29, 0.717) is 12.0 Å². The fraction of sp³-hybridized carbons (Fsp3) is 0.409. The van der Waals surface area contributed by atoms with E-state index in [2.05, 4.69) is 72.6 Å². The largest absolute Gasteiger partial charge is 0.368 e. The SMILES string of the molecule is CC(C)CN(Cc1ccccc1-c1ccccc1)[C@H]1CNC(C(N)=O)C1. The number of nitrogens with zero attached hydrogens (tertiary/aromatic N) is 1. The molecule has 3 rings (SSSR count). The summed E-state index contributed by atoms with van der Waals surface area (Å²) in [6.07, 6.45) is 0.787. The molecule has 0 aliphatic carbocycles. The lowest BCUT2D eigenvalue weighted by atomic mass is 9.98. The first-order chi connectivity index (χ1) is 12.5. The van der Waals surface area contributed by atoms with Gasteiger partial charge in [-0.1, -0.05) is 68.4 Å². The average molecular weight is 351 g/mol. The molecule has 0 radical (unpaired) electrons. The Morgan fingerprint density at radius 1 is 1.15 bits per heavy atom. The molecule has 1 unspecified atom stereocenters. The highest BCUT2D eigenvalue weighted by atomic mass is 16.1. The number of benzene rings is 2. The summed E-state index contributed by atoms with van der Waals surface area (Å²) in [5, 5.41) is 3.28. The van der Waals surface area contributed by atoms with Gasteiger partial charge in [0, 0.05) is 25.7 Å². The Morgan fingerprint density at radius 3 is 2.50 bits per heavy atom. The Labute approximate surface area is 156 Å². The van der Waals surface area contributed by atoms with E-state index < -0.39 is 0 Å². The van der Waals surface area contributed by atoms with E-state index in [4.69, 9.17) is 5.73 Å². The van der Waals surface area contributed by atoms with Gasteiger partial charge in [0.15, 0.2) is 0 Å². The highest BCUT2D eigenvalue weighted by Gasteiger charge is 2.32. The maximum Gasteiger partial charge on any atom is 0.234 e. The highest BCUT2D eigenvalue weighted by molar-refractivity contribution is 5.80. The van der Waals surface area contributed by atoms with Crippen LogP contribution in [0.5, 0.6) is 0 Å². The zero-order valence-corrected chi connectivity index (χ0v) is 15.7. The second kappa shape index (κ2) is 8.47. The van der Waals surface area contributed by atoms with Gasteiger partial charge in [-0.3, -0.25) is 9.69 Å². The van der Waals surface area contributed by atoms with Gasteiger partial charge in [-0.25, -0.2) is 0 Å². The van der Waals surface area contributed by atoms with E-state index in [-0.39, 0.29) is 11.9 Å². The molecule has 1 aliphatic heterocycles. The molecule has 2 atom stereocenters. The fourth-order valence-electron chi connectivity index (χ4n) is 3.80. The van der Waals surface area contributed by atoms with E-state index in [1.807, 2.05) is 6.07 Å². The molecule has 1 heterocycles. The highest BCUT2D eigenvalue weighted by Crippen LogP contribution is 2.26. The number of primary amides is 1. The monoisotopic (exact) mass is 351 g/mol. The summed E-state index contributed by atoms with van der Waals surface area (Å²) >= 11 is 0. The Hall–Kier alpha value is -2.17. The van der Waals surface area contributed by atoms with Crippen LogP contribution in [0.1, 0.15) is 25.8 Å². The molecule has 138 valence electrons. The van der Waals surface area contributed by atoms with Crippen molar-refractivity contribution in [3.05, 3.63) is 60.2 Å². The molecule has 2 aromatic rings. The number of hydrogen-bond acceptors (Lipinski definition) is 3. The van der Waals surface area contributed by atoms with Crippen LogP contribution in [0.2, 0.25) is 0 Å². The molecule has 1 aliphatic rings. The quantitative estimate of drug-likeness (QED) is 0.806. The van der Waals surface area contributed by atoms with Crippen LogP contribution < -0.4 is 11.1 Å². The summed E-state index contributed by atoms with van der Waals surface area (Å²) in [5.41, 5.74) is 9.34. The lowest BCUT2D eigenvalue weighted by Crippen LogP contribution is -2.38. The smallest absolute Gasteiger partial charge is 0.234 e. The minimum absolute atomic E-state index is 0.209. The van der Waals surface area contributed by atoms with Gasteiger partial charge in [0.05, 0.1) is 6.04 Å². The number of nitrogens with two attached hydrogens (primary N) is 1. The molecule has 3 N–H and O–H groups in total. The standard InChI is InChI=1S/C22H29N3O/c1-16(2)14-25(19-12-21(22(23)26)24-13-19)15-18-10-6-7-11-20(18)17-8-4-3-5-9-17/h3-11,16,19,21,24H,12-15H2,1-2H3,(H2,23,26)/t19-,21?/m1/s1. The Kier molecular flexibility index (Phi) is 6.07. The van der Waals surface area contributed by atoms with Crippen LogP contribution in [0.25, 0.3) is 11.1 Å². The van der Waals surface area contributed by atoms with E-state index >= 15 is 0 Å². The average Bonchev–Trinajstić information content (AvgIpc) is 3.12. The van der Waals surface area contributed by atoms with Crippen molar-refractivity contribution in [2.45, 2.75) is 38.9 Å². The molecule has 0 aromatic heterocycles. The Balaban J connectivity index is 1.83. The van der Waals surface area contributed by atoms with Crippen molar-refractivity contribution in [1.82, 2.24) is 10.2 Å². The van der Waals surface area contributed by atoms with Gasteiger partial charge in [-0.05, 0) is 29.0 Å². The zero-order chi connectivity index (χ0) is 18.5. The summed E-state index contributed by atoms with van der Waals surface area (Å²) in [4.78, 5) is 14.0. The van der Waals surface area contributed by atoms with Gasteiger partial charge in [0.25, 0.3) is 0 Å². The molecule has 0 bridgehead atoms. The molecule has 1 fully saturated rings. The van der Waals surface area contributed by atoms with Gasteiger partial charge < -0.3 is 11.1 Å². The van der Waals surface area contributed by atoms with Crippen LogP contribution >= 0.6 is 0 Å². The van der Waals surface area contributed by atoms with Crippen LogP contribution in [-0.2, 0) is 11.3 Å². The Morgan fingerprint density at radius 2 is 1.85 bits per heavy atom. The first-order valence-electron chi connectivity index (χ1n) is 9.44. The lowest BCUT2D eigenvalue weighted by molar-refractivity contribution is -0.119. The lowest BCUT2D eigenvalue weighted by Gasteiger charge is -2.31. The van der Waals surface area contributed by atoms with E-state index in [9.17, 15) is 4.79 Å². The Bertz CT molecular complexity index is 729. The van der Waals surface area contributed by atoms with Gasteiger partial charge in [-0.2, -0.15) is 0 Å². The van der Waals surface area contributed by atoms with Gasteiger partial charge >= 0.3 is 0 Å². The van der Waals surface area contributed by atoms with Crippen LogP contribution in [0, 0.1) is 5.92 Å². The fourth-order valence-corrected chi connectivity index (χ4v) is 3.80. The number of rotatable bonds is 7. The predicted molar refractivity (Wildman–Crippen MR) is 107 cm³/mol. The molecular weight excluding hydrogens is 322 g/mol. The van der Waals surface area contributed by atoms with Crippen molar-refractivity contribution in [2.75, 3.05) is 13.1 Å². The summed E-state index contributed by atoms with van der Waals surface area (Å²) in [5.74, 6) is 0.313. The van der Waals surface area contributed by atoms with Crippen LogP contribution in [-0.4, -0.2) is 36.0 Å². The molecule has 0 saturated carbocycles. The predicted octanol–water partition coefficient (Wildman–Crippen LogP) is 3.03. The van der Waals surface area contributed by atoms with Crippen molar-refractivity contribution in [3.63, 3.8) is 0 Å². The van der Waals surface area contributed by atoms with E-state index in [0.717, 1.165) is 26.1 Å². The number of nitrogens with one attached hydrogen (secondary N) is 1. The van der Waals surface area contributed by atoms with Crippen molar-refractivity contribution >= 4 is 5.91 Å². The molecule has 1 amide bonds. The number of amides is 1. The summed E-state index contributed by atoms with van der Waals surface area (Å²) in [6, 6.07) is 19.3. The molecule has 26 heavy (non-hydrogen) atoms. The second-order valence-corrected chi connectivity index (χ2v) is 7.60. The zero-order valence-electron chi connectivity index (χ0n) is 15.7. The van der Waals surface area contributed by atoms with Crippen molar-refractivity contribution < 1.29 is 4.79 Å². The van der Waals surface area contributed by atoms with Crippen molar-refractivity contribution in [1.29, 1.82) is 0 Å². The first kappa shape index (κ1) is 18.6. The topological polar surface area (TPSA) is 58.4 Å². The third-order valence-electron chi connectivity index (χ3n) is 5.04. The number of carbonyl (C=O) groups is 1. The first-order valence-corrected chi connectivity index (χ1v) is 9.44. The molecular formula is C22H29N3O. The third kappa shape index (κ3) is 4.51. The van der Waals surface area contributed by atoms with E-state index in [1.54, 1.807) is 0 Å². The molecule has 0 spiro atoms. The molecule has 1 saturated heterocycles. The summed E-state index contributed by atoms with van der Waals surface area (Å²) in [6.45, 7) is 7.17. The van der Waals surface area contributed by atoms with Gasteiger partial charge in [0.1, 0.15) is 0 Å². The molecule has 4 heteroatoms. The summed E-state index contributed by atoms with van der Waals surface area (Å²) < 4.78 is 0. The van der Waals surface area contributed by atoms with Gasteiger partial charge in [0.2, 0.25) is 5.91 Å². The molecule has 4 nitrogen and oxygen atoms in total.